The lowest BCUT2D eigenvalue weighted by Crippen LogP contribution is -2.46. The zero-order valence-corrected chi connectivity index (χ0v) is 8.08. The molecule has 0 amide bonds. The van der Waals surface area contributed by atoms with Gasteiger partial charge in [0.25, 0.3) is 0 Å². The number of hydrogen-bond donors (Lipinski definition) is 1. The SMILES string of the molecule is CC1CCC(C)N1C1(CO)CC1. The van der Waals surface area contributed by atoms with Gasteiger partial charge in [-0.05, 0) is 39.5 Å². The van der Waals surface area contributed by atoms with Crippen molar-refractivity contribution in [3.63, 3.8) is 0 Å². The molecule has 0 bridgehead atoms. The molecule has 2 unspecified atom stereocenters. The molecule has 1 aliphatic carbocycles. The molecule has 0 aromatic rings. The summed E-state index contributed by atoms with van der Waals surface area (Å²) in [5.74, 6) is 0. The lowest BCUT2D eigenvalue weighted by molar-refractivity contribution is 0.0718. The van der Waals surface area contributed by atoms with Crippen LogP contribution in [0, 0.1) is 0 Å². The van der Waals surface area contributed by atoms with Gasteiger partial charge in [-0.15, -0.1) is 0 Å². The second-order valence-corrected chi connectivity index (χ2v) is 4.57. The molecule has 2 rings (SSSR count). The first-order chi connectivity index (χ1) is 5.69. The van der Waals surface area contributed by atoms with Gasteiger partial charge < -0.3 is 5.11 Å². The molecule has 1 saturated carbocycles. The maximum absolute atomic E-state index is 9.31. The molecule has 0 spiro atoms. The molecule has 2 atom stereocenters. The van der Waals surface area contributed by atoms with Gasteiger partial charge in [0.2, 0.25) is 0 Å². The minimum atomic E-state index is 0.204. The van der Waals surface area contributed by atoms with Gasteiger partial charge in [-0.25, -0.2) is 0 Å². The second-order valence-electron chi connectivity index (χ2n) is 4.57. The summed E-state index contributed by atoms with van der Waals surface area (Å²) in [6.45, 7) is 4.94. The van der Waals surface area contributed by atoms with Crippen LogP contribution in [0.3, 0.4) is 0 Å². The van der Waals surface area contributed by atoms with Gasteiger partial charge in [0.15, 0.2) is 0 Å². The fourth-order valence-electron chi connectivity index (χ4n) is 2.77. The van der Waals surface area contributed by atoms with Crippen LogP contribution in [-0.2, 0) is 0 Å². The molecule has 0 radical (unpaired) electrons. The highest BCUT2D eigenvalue weighted by molar-refractivity contribution is 5.08. The van der Waals surface area contributed by atoms with E-state index >= 15 is 0 Å². The maximum Gasteiger partial charge on any atom is 0.0615 e. The summed E-state index contributed by atoms with van der Waals surface area (Å²) < 4.78 is 0. The van der Waals surface area contributed by atoms with Crippen LogP contribution in [0.2, 0.25) is 0 Å². The van der Waals surface area contributed by atoms with Gasteiger partial charge in [0.05, 0.1) is 6.61 Å². The fourth-order valence-corrected chi connectivity index (χ4v) is 2.77. The Kier molecular flexibility index (Phi) is 1.92. The largest absolute Gasteiger partial charge is 0.394 e. The van der Waals surface area contributed by atoms with Gasteiger partial charge in [-0.3, -0.25) is 4.90 Å². The molecule has 1 saturated heterocycles. The van der Waals surface area contributed by atoms with Crippen molar-refractivity contribution in [1.82, 2.24) is 4.90 Å². The second kappa shape index (κ2) is 2.71. The maximum atomic E-state index is 9.31. The first-order valence-electron chi connectivity index (χ1n) is 5.09. The van der Waals surface area contributed by atoms with Gasteiger partial charge in [-0.2, -0.15) is 0 Å². The van der Waals surface area contributed by atoms with E-state index in [2.05, 4.69) is 18.7 Å². The van der Waals surface area contributed by atoms with Gasteiger partial charge >= 0.3 is 0 Å². The number of aliphatic hydroxyl groups excluding tert-OH is 1. The standard InChI is InChI=1S/C10H19NO/c1-8-3-4-9(2)11(8)10(7-12)5-6-10/h8-9,12H,3-7H2,1-2H3. The van der Waals surface area contributed by atoms with Crippen LogP contribution in [0.25, 0.3) is 0 Å². The molecule has 0 aromatic heterocycles. The molecule has 0 aromatic carbocycles. The zero-order chi connectivity index (χ0) is 8.77. The highest BCUT2D eigenvalue weighted by Crippen LogP contribution is 2.46. The average molecular weight is 169 g/mol. The number of nitrogens with zero attached hydrogens (tertiary/aromatic N) is 1. The predicted molar refractivity (Wildman–Crippen MR) is 49.0 cm³/mol. The topological polar surface area (TPSA) is 23.5 Å². The summed E-state index contributed by atoms with van der Waals surface area (Å²) in [5, 5.41) is 9.31. The van der Waals surface area contributed by atoms with Crippen LogP contribution in [0.1, 0.15) is 39.5 Å². The minimum Gasteiger partial charge on any atom is -0.394 e. The number of likely N-dealkylation sites (tertiary alicyclic amines) is 1. The smallest absolute Gasteiger partial charge is 0.0615 e. The van der Waals surface area contributed by atoms with E-state index in [-0.39, 0.29) is 5.54 Å². The number of rotatable bonds is 2. The zero-order valence-electron chi connectivity index (χ0n) is 8.08. The normalized spacial score (nSPS) is 40.2. The minimum absolute atomic E-state index is 0.204. The van der Waals surface area contributed by atoms with Gasteiger partial charge in [-0.1, -0.05) is 0 Å². The summed E-state index contributed by atoms with van der Waals surface area (Å²) in [6, 6.07) is 1.38. The van der Waals surface area contributed by atoms with E-state index in [1.165, 1.54) is 25.7 Å². The lowest BCUT2D eigenvalue weighted by atomic mass is 10.2. The summed E-state index contributed by atoms with van der Waals surface area (Å²) >= 11 is 0. The number of hydrogen-bond acceptors (Lipinski definition) is 2. The molecule has 1 N–H and O–H groups in total. The van der Waals surface area contributed by atoms with E-state index in [1.807, 2.05) is 0 Å². The Morgan fingerprint density at radius 1 is 1.25 bits per heavy atom. The van der Waals surface area contributed by atoms with E-state index in [4.69, 9.17) is 0 Å². The van der Waals surface area contributed by atoms with Crippen LogP contribution < -0.4 is 0 Å². The Morgan fingerprint density at radius 3 is 2.08 bits per heavy atom. The highest BCUT2D eigenvalue weighted by Gasteiger charge is 2.52. The van der Waals surface area contributed by atoms with Crippen molar-refractivity contribution in [2.24, 2.45) is 0 Å². The van der Waals surface area contributed by atoms with Crippen LogP contribution in [0.4, 0.5) is 0 Å². The fraction of sp³-hybridized carbons (Fsp3) is 1.00. The van der Waals surface area contributed by atoms with Crippen LogP contribution in [0.15, 0.2) is 0 Å². The number of aliphatic hydroxyl groups is 1. The lowest BCUT2D eigenvalue weighted by Gasteiger charge is -2.34. The van der Waals surface area contributed by atoms with Crippen molar-refractivity contribution in [3.05, 3.63) is 0 Å². The Morgan fingerprint density at radius 2 is 1.75 bits per heavy atom. The monoisotopic (exact) mass is 169 g/mol. The van der Waals surface area contributed by atoms with Crippen LogP contribution in [-0.4, -0.2) is 34.2 Å². The molecule has 2 fully saturated rings. The van der Waals surface area contributed by atoms with E-state index in [0.29, 0.717) is 18.7 Å². The van der Waals surface area contributed by atoms with Crippen molar-refractivity contribution in [1.29, 1.82) is 0 Å². The van der Waals surface area contributed by atoms with E-state index in [1.54, 1.807) is 0 Å². The summed E-state index contributed by atoms with van der Waals surface area (Å²) in [6.07, 6.45) is 5.03. The molecular formula is C10H19NO. The Hall–Kier alpha value is -0.0800. The molecule has 70 valence electrons. The third kappa shape index (κ3) is 1.09. The first-order valence-corrected chi connectivity index (χ1v) is 5.09. The van der Waals surface area contributed by atoms with Crippen molar-refractivity contribution in [2.45, 2.75) is 57.2 Å². The Bertz CT molecular complexity index is 167. The van der Waals surface area contributed by atoms with Gasteiger partial charge in [0, 0.05) is 17.6 Å². The molecule has 2 nitrogen and oxygen atoms in total. The van der Waals surface area contributed by atoms with Crippen molar-refractivity contribution >= 4 is 0 Å². The molecule has 1 aliphatic heterocycles. The Balaban J connectivity index is 2.10. The Labute approximate surface area is 74.6 Å². The quantitative estimate of drug-likeness (QED) is 0.675. The summed E-state index contributed by atoms with van der Waals surface area (Å²) in [7, 11) is 0. The molecular weight excluding hydrogens is 150 g/mol. The summed E-state index contributed by atoms with van der Waals surface area (Å²) in [5.41, 5.74) is 0.204. The van der Waals surface area contributed by atoms with Crippen molar-refractivity contribution in [2.75, 3.05) is 6.61 Å². The first kappa shape index (κ1) is 8.52. The molecule has 2 heteroatoms. The average Bonchev–Trinajstić information content (AvgIpc) is 2.77. The van der Waals surface area contributed by atoms with Crippen molar-refractivity contribution < 1.29 is 5.11 Å². The van der Waals surface area contributed by atoms with Crippen molar-refractivity contribution in [3.8, 4) is 0 Å². The van der Waals surface area contributed by atoms with Crippen LogP contribution >= 0.6 is 0 Å². The highest BCUT2D eigenvalue weighted by atomic mass is 16.3. The molecule has 2 aliphatic rings. The van der Waals surface area contributed by atoms with E-state index in [9.17, 15) is 5.11 Å². The molecule has 12 heavy (non-hydrogen) atoms. The predicted octanol–water partition coefficient (Wildman–Crippen LogP) is 1.38. The molecule has 1 heterocycles. The third-order valence-electron chi connectivity index (χ3n) is 3.62. The third-order valence-corrected chi connectivity index (χ3v) is 3.62. The summed E-state index contributed by atoms with van der Waals surface area (Å²) in [4.78, 5) is 2.55. The van der Waals surface area contributed by atoms with E-state index in [0.717, 1.165) is 0 Å². The van der Waals surface area contributed by atoms with Crippen LogP contribution in [0.5, 0.6) is 0 Å². The van der Waals surface area contributed by atoms with E-state index < -0.39 is 0 Å². The van der Waals surface area contributed by atoms with Gasteiger partial charge in [0.1, 0.15) is 0 Å².